The van der Waals surface area contributed by atoms with E-state index in [-0.39, 0.29) is 10.6 Å². The summed E-state index contributed by atoms with van der Waals surface area (Å²) in [6, 6.07) is 14.6. The maximum Gasteiger partial charge on any atom is 0.276 e. The van der Waals surface area contributed by atoms with Crippen LogP contribution >= 0.6 is 0 Å². The summed E-state index contributed by atoms with van der Waals surface area (Å²) in [5, 5.41) is 11.0. The van der Waals surface area contributed by atoms with Crippen LogP contribution in [0.2, 0.25) is 0 Å². The minimum absolute atomic E-state index is 0.117. The SMILES string of the molecule is CN(C)c1ccccc1/C=C/c1ccccc1[N+](=O)[O-]. The molecule has 0 unspecified atom stereocenters. The Bertz CT molecular complexity index is 648. The van der Waals surface area contributed by atoms with Crippen LogP contribution in [0.3, 0.4) is 0 Å². The van der Waals surface area contributed by atoms with Crippen molar-refractivity contribution in [3.8, 4) is 0 Å². The minimum atomic E-state index is -0.364. The molecule has 102 valence electrons. The molecule has 0 saturated heterocycles. The van der Waals surface area contributed by atoms with Crippen molar-refractivity contribution in [2.24, 2.45) is 0 Å². The van der Waals surface area contributed by atoms with Crippen molar-refractivity contribution in [1.82, 2.24) is 0 Å². The molecule has 0 radical (unpaired) electrons. The molecule has 0 saturated carbocycles. The van der Waals surface area contributed by atoms with Gasteiger partial charge in [0.1, 0.15) is 0 Å². The molecule has 0 spiro atoms. The fourth-order valence-corrected chi connectivity index (χ4v) is 2.01. The molecule has 0 atom stereocenters. The van der Waals surface area contributed by atoms with Gasteiger partial charge in [-0.3, -0.25) is 10.1 Å². The summed E-state index contributed by atoms with van der Waals surface area (Å²) >= 11 is 0. The average Bonchev–Trinajstić information content (AvgIpc) is 2.45. The van der Waals surface area contributed by atoms with Crippen molar-refractivity contribution in [3.63, 3.8) is 0 Å². The van der Waals surface area contributed by atoms with Crippen molar-refractivity contribution in [2.45, 2.75) is 0 Å². The van der Waals surface area contributed by atoms with E-state index in [1.54, 1.807) is 24.3 Å². The number of hydrogen-bond donors (Lipinski definition) is 0. The minimum Gasteiger partial charge on any atom is -0.377 e. The van der Waals surface area contributed by atoms with Gasteiger partial charge in [-0.25, -0.2) is 0 Å². The number of rotatable bonds is 4. The molecule has 0 heterocycles. The van der Waals surface area contributed by atoms with Gasteiger partial charge >= 0.3 is 0 Å². The third-order valence-electron chi connectivity index (χ3n) is 2.99. The first kappa shape index (κ1) is 13.8. The Morgan fingerprint density at radius 2 is 1.50 bits per heavy atom. The van der Waals surface area contributed by atoms with Gasteiger partial charge < -0.3 is 4.90 Å². The number of nitro groups is 1. The maximum absolute atomic E-state index is 11.0. The van der Waals surface area contributed by atoms with E-state index in [1.807, 2.05) is 49.3 Å². The number of benzene rings is 2. The van der Waals surface area contributed by atoms with E-state index >= 15 is 0 Å². The van der Waals surface area contributed by atoms with Crippen LogP contribution in [-0.2, 0) is 0 Å². The van der Waals surface area contributed by atoms with Crippen LogP contribution in [0.1, 0.15) is 11.1 Å². The molecule has 0 aromatic heterocycles. The molecule has 0 aliphatic rings. The molecule has 0 fully saturated rings. The smallest absolute Gasteiger partial charge is 0.276 e. The number of anilines is 1. The Morgan fingerprint density at radius 1 is 0.950 bits per heavy atom. The topological polar surface area (TPSA) is 46.4 Å². The molecule has 0 aliphatic heterocycles. The standard InChI is InChI=1S/C16H16N2O2/c1-17(2)15-9-5-3-7-13(15)11-12-14-8-4-6-10-16(14)18(19)20/h3-12H,1-2H3/b12-11+. The maximum atomic E-state index is 11.0. The highest BCUT2D eigenvalue weighted by atomic mass is 16.6. The van der Waals surface area contributed by atoms with Crippen molar-refractivity contribution in [3.05, 3.63) is 69.8 Å². The highest BCUT2D eigenvalue weighted by molar-refractivity contribution is 5.79. The van der Waals surface area contributed by atoms with E-state index < -0.39 is 0 Å². The van der Waals surface area contributed by atoms with Gasteiger partial charge in [-0.15, -0.1) is 0 Å². The number of hydrogen-bond acceptors (Lipinski definition) is 3. The van der Waals surface area contributed by atoms with Crippen LogP contribution in [-0.4, -0.2) is 19.0 Å². The van der Waals surface area contributed by atoms with Gasteiger partial charge in [-0.2, -0.15) is 0 Å². The molecule has 4 nitrogen and oxygen atoms in total. The molecule has 0 bridgehead atoms. The molecule has 2 aromatic rings. The summed E-state index contributed by atoms with van der Waals surface area (Å²) in [6.45, 7) is 0. The lowest BCUT2D eigenvalue weighted by atomic mass is 10.1. The summed E-state index contributed by atoms with van der Waals surface area (Å²) in [5.74, 6) is 0. The number of nitrogens with zero attached hydrogens (tertiary/aromatic N) is 2. The van der Waals surface area contributed by atoms with Gasteiger partial charge in [0, 0.05) is 25.8 Å². The average molecular weight is 268 g/mol. The molecule has 2 aromatic carbocycles. The Morgan fingerprint density at radius 3 is 2.15 bits per heavy atom. The van der Waals surface area contributed by atoms with E-state index in [1.165, 1.54) is 6.07 Å². The van der Waals surface area contributed by atoms with Crippen LogP contribution in [0.25, 0.3) is 12.2 Å². The first-order valence-electron chi connectivity index (χ1n) is 6.27. The second kappa shape index (κ2) is 6.02. The van der Waals surface area contributed by atoms with E-state index in [2.05, 4.69) is 0 Å². The lowest BCUT2D eigenvalue weighted by molar-refractivity contribution is -0.385. The molecular weight excluding hydrogens is 252 g/mol. The monoisotopic (exact) mass is 268 g/mol. The quantitative estimate of drug-likeness (QED) is 0.481. The normalized spacial score (nSPS) is 10.7. The van der Waals surface area contributed by atoms with Gasteiger partial charge in [0.25, 0.3) is 5.69 Å². The second-order valence-corrected chi connectivity index (χ2v) is 4.60. The van der Waals surface area contributed by atoms with Crippen molar-refractivity contribution in [2.75, 3.05) is 19.0 Å². The summed E-state index contributed by atoms with van der Waals surface area (Å²) in [4.78, 5) is 12.6. The number of para-hydroxylation sites is 2. The highest BCUT2D eigenvalue weighted by Crippen LogP contribution is 2.23. The van der Waals surface area contributed by atoms with Crippen LogP contribution in [0, 0.1) is 10.1 Å². The van der Waals surface area contributed by atoms with E-state index in [0.717, 1.165) is 11.3 Å². The molecule has 20 heavy (non-hydrogen) atoms. The Balaban J connectivity index is 2.38. The number of nitro benzene ring substituents is 1. The van der Waals surface area contributed by atoms with Crippen LogP contribution in [0.4, 0.5) is 11.4 Å². The van der Waals surface area contributed by atoms with Gasteiger partial charge in [-0.05, 0) is 23.8 Å². The van der Waals surface area contributed by atoms with E-state index in [4.69, 9.17) is 0 Å². The van der Waals surface area contributed by atoms with E-state index in [9.17, 15) is 10.1 Å². The Kier molecular flexibility index (Phi) is 4.15. The largest absolute Gasteiger partial charge is 0.377 e. The molecule has 0 aliphatic carbocycles. The third-order valence-corrected chi connectivity index (χ3v) is 2.99. The zero-order valence-corrected chi connectivity index (χ0v) is 11.5. The fourth-order valence-electron chi connectivity index (χ4n) is 2.01. The summed E-state index contributed by atoms with van der Waals surface area (Å²) in [6.07, 6.45) is 3.68. The second-order valence-electron chi connectivity index (χ2n) is 4.60. The van der Waals surface area contributed by atoms with Crippen LogP contribution in [0.15, 0.2) is 48.5 Å². The summed E-state index contributed by atoms with van der Waals surface area (Å²) in [5.41, 5.74) is 2.81. The van der Waals surface area contributed by atoms with Crippen LogP contribution < -0.4 is 4.90 Å². The van der Waals surface area contributed by atoms with Gasteiger partial charge in [0.15, 0.2) is 0 Å². The van der Waals surface area contributed by atoms with E-state index in [0.29, 0.717) is 5.56 Å². The first-order chi connectivity index (χ1) is 9.59. The zero-order valence-electron chi connectivity index (χ0n) is 11.5. The fraction of sp³-hybridized carbons (Fsp3) is 0.125. The summed E-state index contributed by atoms with van der Waals surface area (Å²) in [7, 11) is 3.94. The summed E-state index contributed by atoms with van der Waals surface area (Å²) < 4.78 is 0. The van der Waals surface area contributed by atoms with Gasteiger partial charge in [0.05, 0.1) is 10.5 Å². The van der Waals surface area contributed by atoms with Gasteiger partial charge in [0.2, 0.25) is 0 Å². The molecule has 0 amide bonds. The van der Waals surface area contributed by atoms with Gasteiger partial charge in [-0.1, -0.05) is 36.4 Å². The molecule has 2 rings (SSSR count). The lowest BCUT2D eigenvalue weighted by Crippen LogP contribution is -2.09. The van der Waals surface area contributed by atoms with Crippen molar-refractivity contribution in [1.29, 1.82) is 0 Å². The predicted molar refractivity (Wildman–Crippen MR) is 82.8 cm³/mol. The highest BCUT2D eigenvalue weighted by Gasteiger charge is 2.09. The predicted octanol–water partition coefficient (Wildman–Crippen LogP) is 3.83. The van der Waals surface area contributed by atoms with Crippen LogP contribution in [0.5, 0.6) is 0 Å². The molecular formula is C16H16N2O2. The molecule has 0 N–H and O–H groups in total. The Labute approximate surface area is 118 Å². The lowest BCUT2D eigenvalue weighted by Gasteiger charge is -2.15. The van der Waals surface area contributed by atoms with Crippen molar-refractivity contribution < 1.29 is 4.92 Å². The third kappa shape index (κ3) is 3.03. The van der Waals surface area contributed by atoms with Crippen molar-refractivity contribution >= 4 is 23.5 Å². The Hall–Kier alpha value is -2.62. The molecule has 4 heteroatoms. The first-order valence-corrected chi connectivity index (χ1v) is 6.27. The zero-order chi connectivity index (χ0) is 14.5.